The summed E-state index contributed by atoms with van der Waals surface area (Å²) in [7, 11) is 0. The molecule has 2 aliphatic carbocycles. The van der Waals surface area contributed by atoms with E-state index < -0.39 is 11.9 Å². The Morgan fingerprint density at radius 1 is 0.607 bits per heavy atom. The van der Waals surface area contributed by atoms with Gasteiger partial charge in [0, 0.05) is 24.3 Å². The maximum atomic E-state index is 13.8. The fraction of sp³-hybridized carbons (Fsp3) is 0.470. The maximum absolute atomic E-state index is 13.8. The van der Waals surface area contributed by atoms with Crippen LogP contribution in [0.25, 0.3) is 10.2 Å². The summed E-state index contributed by atoms with van der Waals surface area (Å²) in [4.78, 5) is 73.7. The molecule has 4 aromatic carbocycles. The van der Waals surface area contributed by atoms with Crippen LogP contribution < -0.4 is 33.6 Å². The highest BCUT2D eigenvalue weighted by Gasteiger charge is 2.31. The Balaban J connectivity index is 0.00000560. The van der Waals surface area contributed by atoms with E-state index in [0.717, 1.165) is 111 Å². The molecule has 0 atom stereocenters. The largest absolute Gasteiger partial charge is 0.494 e. The van der Waals surface area contributed by atoms with E-state index in [1.807, 2.05) is 78.5 Å². The summed E-state index contributed by atoms with van der Waals surface area (Å²) in [5, 5.41) is 7.79. The number of aromatic nitrogens is 1. The van der Waals surface area contributed by atoms with E-state index in [1.54, 1.807) is 35.8 Å². The molecule has 0 unspecified atom stereocenters. The van der Waals surface area contributed by atoms with Crippen molar-refractivity contribution in [3.8, 4) is 34.5 Å². The molecule has 0 saturated heterocycles. The molecule has 0 bridgehead atoms. The van der Waals surface area contributed by atoms with Gasteiger partial charge >= 0.3 is 23.9 Å². The number of hydrogen-bond donors (Lipinski definition) is 0. The zero-order valence-electron chi connectivity index (χ0n) is 48.7. The quantitative estimate of drug-likeness (QED) is 0.00697. The van der Waals surface area contributed by atoms with Crippen molar-refractivity contribution in [3.05, 3.63) is 122 Å². The maximum Gasteiger partial charge on any atom is 0.330 e. The van der Waals surface area contributed by atoms with Crippen LogP contribution in [0.1, 0.15) is 141 Å². The molecule has 5 aromatic rings. The fourth-order valence-corrected chi connectivity index (χ4v) is 10.7. The monoisotopic (exact) mass is 1170 g/mol. The Hall–Kier alpha value is -7.57. The minimum absolute atomic E-state index is 0.156. The predicted molar refractivity (Wildman–Crippen MR) is 325 cm³/mol. The van der Waals surface area contributed by atoms with E-state index in [2.05, 4.69) is 26.1 Å². The lowest BCUT2D eigenvalue weighted by Gasteiger charge is -2.28. The van der Waals surface area contributed by atoms with Gasteiger partial charge in [0.25, 0.3) is 0 Å². The number of anilines is 1. The molecule has 2 aliphatic rings. The van der Waals surface area contributed by atoms with Gasteiger partial charge in [-0.1, -0.05) is 62.8 Å². The molecular weight excluding hydrogens is 1090 g/mol. The van der Waals surface area contributed by atoms with Crippen LogP contribution in [0.3, 0.4) is 0 Å². The van der Waals surface area contributed by atoms with Gasteiger partial charge in [-0.05, 0) is 194 Å². The van der Waals surface area contributed by atoms with E-state index in [9.17, 15) is 19.2 Å². The molecule has 1 heterocycles. The average Bonchev–Trinajstić information content (AvgIpc) is 3.95. The number of benzene rings is 4. The summed E-state index contributed by atoms with van der Waals surface area (Å²) < 4.78 is 41.5. The van der Waals surface area contributed by atoms with Gasteiger partial charge in [0.2, 0.25) is 5.13 Å². The highest BCUT2D eigenvalue weighted by molar-refractivity contribution is 7.22. The molecule has 2 fully saturated rings. The summed E-state index contributed by atoms with van der Waals surface area (Å²) in [6.07, 6.45) is 20.9. The van der Waals surface area contributed by atoms with Crippen molar-refractivity contribution in [2.24, 2.45) is 22.9 Å². The van der Waals surface area contributed by atoms with Crippen LogP contribution in [0.2, 0.25) is 0 Å². The third-order valence-corrected chi connectivity index (χ3v) is 15.6. The van der Waals surface area contributed by atoms with Crippen molar-refractivity contribution < 1.29 is 66.9 Å². The lowest BCUT2D eigenvalue weighted by atomic mass is 9.82. The Morgan fingerprint density at radius 2 is 1.13 bits per heavy atom. The van der Waals surface area contributed by atoms with Crippen molar-refractivity contribution in [2.75, 3.05) is 44.6 Å². The normalized spacial score (nSPS) is 16.5. The predicted octanol–water partition coefficient (Wildman–Crippen LogP) is 14.1. The number of carbonyl (C=O) groups is 5. The Labute approximate surface area is 498 Å². The van der Waals surface area contributed by atoms with Gasteiger partial charge < -0.3 is 42.8 Å². The van der Waals surface area contributed by atoms with Crippen molar-refractivity contribution >= 4 is 63.6 Å². The number of carbonyl (C=O) groups excluding carboxylic acids is 5. The van der Waals surface area contributed by atoms with Crippen LogP contribution in [0, 0.1) is 17.8 Å². The highest BCUT2D eigenvalue weighted by Crippen LogP contribution is 2.35. The van der Waals surface area contributed by atoms with Crippen LogP contribution >= 0.6 is 11.3 Å². The second-order valence-corrected chi connectivity index (χ2v) is 21.8. The van der Waals surface area contributed by atoms with Crippen LogP contribution in [0.4, 0.5) is 5.13 Å². The van der Waals surface area contributed by atoms with Gasteiger partial charge in [0.15, 0.2) is 5.75 Å². The molecule has 0 aliphatic heterocycles. The van der Waals surface area contributed by atoms with Crippen molar-refractivity contribution in [2.45, 2.75) is 141 Å². The first-order valence-corrected chi connectivity index (χ1v) is 30.5. The van der Waals surface area contributed by atoms with E-state index in [4.69, 9.17) is 57.8 Å². The number of nitrogens with zero attached hydrogens (tertiary/aromatic N) is 3. The van der Waals surface area contributed by atoms with Gasteiger partial charge in [-0.3, -0.25) is 9.59 Å². The number of fused-ring (bicyclic) bond motifs is 1. The molecule has 18 heteroatoms. The Bertz CT molecular complexity index is 2770. The molecule has 0 N–H and O–H groups in total. The summed E-state index contributed by atoms with van der Waals surface area (Å²) in [6.45, 7) is 14.0. The minimum atomic E-state index is -0.399. The van der Waals surface area contributed by atoms with Crippen molar-refractivity contribution in [1.29, 1.82) is 0 Å². The Morgan fingerprint density at radius 3 is 1.71 bits per heavy atom. The van der Waals surface area contributed by atoms with Crippen LogP contribution in [-0.2, 0) is 38.3 Å². The minimum Gasteiger partial charge on any atom is -0.494 e. The fourth-order valence-electron chi connectivity index (χ4n) is 9.70. The van der Waals surface area contributed by atoms with Crippen LogP contribution in [0.5, 0.6) is 34.5 Å². The van der Waals surface area contributed by atoms with E-state index in [0.29, 0.717) is 112 Å². The van der Waals surface area contributed by atoms with Crippen molar-refractivity contribution in [3.63, 3.8) is 0 Å². The van der Waals surface area contributed by atoms with Crippen molar-refractivity contribution in [1.82, 2.24) is 4.98 Å². The molecule has 17 nitrogen and oxygen atoms in total. The summed E-state index contributed by atoms with van der Waals surface area (Å²) in [5.41, 5.74) is 1.59. The number of ether oxygens (including phenoxy) is 7. The van der Waals surface area contributed by atoms with Gasteiger partial charge in [0.05, 0.1) is 67.4 Å². The number of unbranched alkanes of at least 4 members (excludes halogenated alkanes) is 9. The molecule has 452 valence electrons. The first kappa shape index (κ1) is 65.6. The molecule has 1 aromatic heterocycles. The van der Waals surface area contributed by atoms with E-state index >= 15 is 0 Å². The SMILES string of the molecule is C=CC(=O)OCCCCCCOc1ccc(OOCC2CCC(C(=O)Oc3ccc(OC4CCC(C(=O)Oc5ccc(OCCCCCCOC(=O)C=C)cc5)CC4)c(/C=N/N(CCCCCC)c4nc5ccccc5s4)c3)CC2)cc1.C=O. The molecular formula is C66H83N3O14S. The number of hydrazone groups is 1. The summed E-state index contributed by atoms with van der Waals surface area (Å²) in [5.74, 6) is 1.91. The van der Waals surface area contributed by atoms with Gasteiger partial charge in [0.1, 0.15) is 35.5 Å². The smallest absolute Gasteiger partial charge is 0.330 e. The first-order valence-electron chi connectivity index (χ1n) is 29.7. The Kier molecular flexibility index (Phi) is 29.4. The molecule has 0 amide bonds. The second kappa shape index (κ2) is 37.6. The van der Waals surface area contributed by atoms with E-state index in [1.165, 1.54) is 12.2 Å². The summed E-state index contributed by atoms with van der Waals surface area (Å²) >= 11 is 1.60. The van der Waals surface area contributed by atoms with E-state index in [-0.39, 0.29) is 35.8 Å². The summed E-state index contributed by atoms with van der Waals surface area (Å²) in [6, 6.07) is 28.0. The molecule has 7 rings (SSSR count). The zero-order valence-corrected chi connectivity index (χ0v) is 49.5. The molecule has 0 radical (unpaired) electrons. The van der Waals surface area contributed by atoms with Gasteiger partial charge in [-0.2, -0.15) is 9.99 Å². The number of hydrogen-bond acceptors (Lipinski definition) is 18. The zero-order chi connectivity index (χ0) is 59.6. The van der Waals surface area contributed by atoms with Crippen LogP contribution in [-0.4, -0.2) is 87.5 Å². The molecule has 0 spiro atoms. The topological polar surface area (TPSA) is 197 Å². The third kappa shape index (κ3) is 23.2. The van der Waals surface area contributed by atoms with Gasteiger partial charge in [-0.25, -0.2) is 19.6 Å². The third-order valence-electron chi connectivity index (χ3n) is 14.5. The van der Waals surface area contributed by atoms with Gasteiger partial charge in [-0.15, -0.1) is 0 Å². The highest BCUT2D eigenvalue weighted by atomic mass is 32.1. The lowest BCUT2D eigenvalue weighted by molar-refractivity contribution is -0.218. The number of rotatable bonds is 36. The van der Waals surface area contributed by atoms with Crippen LogP contribution in [0.15, 0.2) is 121 Å². The standard InChI is InChI=1S/C65H81N3O13S.CH2O/c1-4-7-8-15-40-68(65-67-58-20-13-14-21-60(58)82-65)66-46-51-45-57(80-64(72)49-24-22-48(23-25-49)47-77-81-56-36-32-53(33-37-56)74-42-17-10-12-19-44-76-62(70)6-3)38-39-59(51)78-54-28-26-50(27-29-54)63(71)79-55-34-30-52(31-35-55)73-41-16-9-11-18-43-75-61(69)5-2;1-2/h5-6,13-14,20-21,30-39,45-46,48-50,54H,2-4,7-12,15-19,22-29,40-44,47H2,1H3;1H2/b66-46+;. The number of para-hydroxylation sites is 1. The second-order valence-electron chi connectivity index (χ2n) is 20.8. The number of esters is 4. The first-order chi connectivity index (χ1) is 41.2. The number of thiazole rings is 1. The molecule has 84 heavy (non-hydrogen) atoms. The lowest BCUT2D eigenvalue weighted by Crippen LogP contribution is -2.30. The average molecular weight is 1170 g/mol. The molecule has 2 saturated carbocycles.